The molecule has 1 unspecified atom stereocenters. The van der Waals surface area contributed by atoms with Crippen LogP contribution in [0.5, 0.6) is 0 Å². The average Bonchev–Trinajstić information content (AvgIpc) is 2.16. The molecule has 1 aromatic heterocycles. The van der Waals surface area contributed by atoms with Gasteiger partial charge in [0.15, 0.2) is 0 Å². The van der Waals surface area contributed by atoms with Gasteiger partial charge in [0.25, 0.3) is 0 Å². The van der Waals surface area contributed by atoms with Crippen LogP contribution in [0.2, 0.25) is 0 Å². The second-order valence-corrected chi connectivity index (χ2v) is 5.66. The lowest BCUT2D eigenvalue weighted by Gasteiger charge is -2.23. The smallest absolute Gasteiger partial charge is 0.149 e. The van der Waals surface area contributed by atoms with Crippen molar-refractivity contribution in [3.63, 3.8) is 0 Å². The molecule has 0 aliphatic heterocycles. The molecule has 0 saturated carbocycles. The topological polar surface area (TPSA) is 71.2 Å². The first-order chi connectivity index (χ1) is 7.44. The third-order valence-corrected chi connectivity index (χ3v) is 3.32. The van der Waals surface area contributed by atoms with Gasteiger partial charge in [-0.15, -0.1) is 0 Å². The van der Waals surface area contributed by atoms with E-state index < -0.39 is 5.60 Å². The Kier molecular flexibility index (Phi) is 4.89. The number of hydrogen-bond donors (Lipinski definition) is 3. The highest BCUT2D eigenvalue weighted by molar-refractivity contribution is 9.10. The maximum atomic E-state index is 9.96. The number of aliphatic hydroxyl groups is 1. The molecule has 1 aromatic rings. The number of anilines is 2. The van der Waals surface area contributed by atoms with E-state index in [-0.39, 0.29) is 0 Å². The fourth-order valence-corrected chi connectivity index (χ4v) is 2.31. The predicted molar refractivity (Wildman–Crippen MR) is 73.8 cm³/mol. The summed E-state index contributed by atoms with van der Waals surface area (Å²) in [6, 6.07) is 1.78. The van der Waals surface area contributed by atoms with Gasteiger partial charge in [-0.05, 0) is 35.2 Å². The number of pyridine rings is 1. The molecule has 0 amide bonds. The van der Waals surface area contributed by atoms with Crippen LogP contribution in [0.15, 0.2) is 16.7 Å². The zero-order valence-electron chi connectivity index (χ0n) is 9.33. The molecule has 0 saturated heterocycles. The molecule has 0 aliphatic carbocycles. The SMILES string of the molecule is CSCC(C)(O)CNc1ncc(Br)cc1N. The molecule has 1 rings (SSSR count). The molecule has 4 nitrogen and oxygen atoms in total. The Bertz CT molecular complexity index is 360. The third-order valence-electron chi connectivity index (χ3n) is 1.98. The number of hydrogen-bond acceptors (Lipinski definition) is 5. The molecule has 0 radical (unpaired) electrons. The number of rotatable bonds is 5. The molecular weight excluding hydrogens is 290 g/mol. The molecule has 0 aromatic carbocycles. The predicted octanol–water partition coefficient (Wildman–Crippen LogP) is 1.95. The summed E-state index contributed by atoms with van der Waals surface area (Å²) in [5, 5.41) is 13.0. The van der Waals surface area contributed by atoms with Crippen LogP contribution in [0.3, 0.4) is 0 Å². The number of nitrogen functional groups attached to an aromatic ring is 1. The summed E-state index contributed by atoms with van der Waals surface area (Å²) in [6.07, 6.45) is 3.63. The summed E-state index contributed by atoms with van der Waals surface area (Å²) < 4.78 is 0.839. The molecule has 0 bridgehead atoms. The second-order valence-electron chi connectivity index (χ2n) is 3.87. The van der Waals surface area contributed by atoms with E-state index in [0.717, 1.165) is 4.47 Å². The zero-order chi connectivity index (χ0) is 12.2. The van der Waals surface area contributed by atoms with Crippen molar-refractivity contribution in [1.82, 2.24) is 4.98 Å². The van der Waals surface area contributed by atoms with Crippen LogP contribution in [0, 0.1) is 0 Å². The molecule has 0 aliphatic rings. The standard InChI is InChI=1S/C10H16BrN3OS/c1-10(15,6-16-2)5-14-9-8(12)3-7(11)4-13-9/h3-4,15H,5-6,12H2,1-2H3,(H,13,14). The van der Waals surface area contributed by atoms with Gasteiger partial charge in [-0.1, -0.05) is 0 Å². The minimum Gasteiger partial charge on any atom is -0.396 e. The van der Waals surface area contributed by atoms with Crippen molar-refractivity contribution in [1.29, 1.82) is 0 Å². The van der Waals surface area contributed by atoms with Gasteiger partial charge in [-0.2, -0.15) is 11.8 Å². The molecule has 6 heteroatoms. The second kappa shape index (κ2) is 5.75. The van der Waals surface area contributed by atoms with E-state index in [1.807, 2.05) is 6.26 Å². The maximum absolute atomic E-state index is 9.96. The van der Waals surface area contributed by atoms with Gasteiger partial charge in [-0.25, -0.2) is 4.98 Å². The van der Waals surface area contributed by atoms with E-state index in [4.69, 9.17) is 5.73 Å². The molecule has 1 atom stereocenters. The van der Waals surface area contributed by atoms with Crippen molar-refractivity contribution >= 4 is 39.2 Å². The van der Waals surface area contributed by atoms with Crippen molar-refractivity contribution in [3.8, 4) is 0 Å². The number of aromatic nitrogens is 1. The summed E-state index contributed by atoms with van der Waals surface area (Å²) in [7, 11) is 0. The van der Waals surface area contributed by atoms with Crippen LogP contribution in [-0.4, -0.2) is 34.2 Å². The number of nitrogens with zero attached hydrogens (tertiary/aromatic N) is 1. The van der Waals surface area contributed by atoms with Crippen molar-refractivity contribution in [3.05, 3.63) is 16.7 Å². The highest BCUT2D eigenvalue weighted by atomic mass is 79.9. The summed E-state index contributed by atoms with van der Waals surface area (Å²) in [6.45, 7) is 2.21. The van der Waals surface area contributed by atoms with E-state index in [1.165, 1.54) is 0 Å². The first kappa shape index (κ1) is 13.6. The number of nitrogens with one attached hydrogen (secondary N) is 1. The maximum Gasteiger partial charge on any atom is 0.149 e. The Hall–Kier alpha value is -0.460. The summed E-state index contributed by atoms with van der Waals surface area (Å²) in [5.41, 5.74) is 5.58. The van der Waals surface area contributed by atoms with Gasteiger partial charge in [0.05, 0.1) is 11.3 Å². The molecular formula is C10H16BrN3OS. The summed E-state index contributed by atoms with van der Waals surface area (Å²) in [5.74, 6) is 1.26. The third kappa shape index (κ3) is 4.19. The zero-order valence-corrected chi connectivity index (χ0v) is 11.7. The van der Waals surface area contributed by atoms with E-state index in [0.29, 0.717) is 23.8 Å². The van der Waals surface area contributed by atoms with Crippen LogP contribution < -0.4 is 11.1 Å². The average molecular weight is 306 g/mol. The number of halogens is 1. The van der Waals surface area contributed by atoms with Crippen molar-refractivity contribution < 1.29 is 5.11 Å². The van der Waals surface area contributed by atoms with Gasteiger partial charge in [-0.3, -0.25) is 0 Å². The molecule has 0 fully saturated rings. The van der Waals surface area contributed by atoms with Gasteiger partial charge in [0.2, 0.25) is 0 Å². The lowest BCUT2D eigenvalue weighted by Crippen LogP contribution is -2.36. The van der Waals surface area contributed by atoms with Crippen LogP contribution in [0.25, 0.3) is 0 Å². The van der Waals surface area contributed by atoms with Crippen molar-refractivity contribution in [2.75, 3.05) is 29.6 Å². The Morgan fingerprint density at radius 1 is 1.69 bits per heavy atom. The Labute approximate surface area is 108 Å². The van der Waals surface area contributed by atoms with Crippen LogP contribution in [0.4, 0.5) is 11.5 Å². The van der Waals surface area contributed by atoms with Gasteiger partial charge in [0, 0.05) is 23.0 Å². The van der Waals surface area contributed by atoms with Gasteiger partial charge < -0.3 is 16.2 Å². The lowest BCUT2D eigenvalue weighted by atomic mass is 10.1. The molecule has 0 spiro atoms. The Morgan fingerprint density at radius 3 is 2.94 bits per heavy atom. The van der Waals surface area contributed by atoms with Crippen LogP contribution in [0.1, 0.15) is 6.92 Å². The van der Waals surface area contributed by atoms with E-state index >= 15 is 0 Å². The fraction of sp³-hybridized carbons (Fsp3) is 0.500. The molecule has 16 heavy (non-hydrogen) atoms. The fourth-order valence-electron chi connectivity index (χ4n) is 1.24. The van der Waals surface area contributed by atoms with E-state index in [9.17, 15) is 5.11 Å². The van der Waals surface area contributed by atoms with Crippen molar-refractivity contribution in [2.24, 2.45) is 0 Å². The van der Waals surface area contributed by atoms with Gasteiger partial charge >= 0.3 is 0 Å². The number of thioether (sulfide) groups is 1. The first-order valence-corrected chi connectivity index (χ1v) is 6.99. The van der Waals surface area contributed by atoms with E-state index in [2.05, 4.69) is 26.2 Å². The van der Waals surface area contributed by atoms with Gasteiger partial charge in [0.1, 0.15) is 5.82 Å². The molecule has 1 heterocycles. The summed E-state index contributed by atoms with van der Waals surface area (Å²) >= 11 is 4.89. The van der Waals surface area contributed by atoms with Crippen molar-refractivity contribution in [2.45, 2.75) is 12.5 Å². The quantitative estimate of drug-likeness (QED) is 0.775. The van der Waals surface area contributed by atoms with E-state index in [1.54, 1.807) is 30.9 Å². The number of nitrogens with two attached hydrogens (primary N) is 1. The molecule has 90 valence electrons. The normalized spacial score (nSPS) is 14.5. The first-order valence-electron chi connectivity index (χ1n) is 4.81. The Balaban J connectivity index is 2.61. The Morgan fingerprint density at radius 2 is 2.38 bits per heavy atom. The highest BCUT2D eigenvalue weighted by Crippen LogP contribution is 2.21. The van der Waals surface area contributed by atoms with Crippen LogP contribution in [-0.2, 0) is 0 Å². The largest absolute Gasteiger partial charge is 0.396 e. The highest BCUT2D eigenvalue weighted by Gasteiger charge is 2.19. The van der Waals surface area contributed by atoms with Crippen LogP contribution >= 0.6 is 27.7 Å². The summed E-state index contributed by atoms with van der Waals surface area (Å²) in [4.78, 5) is 4.14. The molecule has 4 N–H and O–H groups in total. The minimum absolute atomic E-state index is 0.423. The lowest BCUT2D eigenvalue weighted by molar-refractivity contribution is 0.0996. The minimum atomic E-state index is -0.763. The monoisotopic (exact) mass is 305 g/mol.